The van der Waals surface area contributed by atoms with Crippen molar-refractivity contribution in [2.45, 2.75) is 45.1 Å². The van der Waals surface area contributed by atoms with Gasteiger partial charge in [-0.25, -0.2) is 0 Å². The Bertz CT molecular complexity index is 524. The first kappa shape index (κ1) is 15.2. The summed E-state index contributed by atoms with van der Waals surface area (Å²) in [4.78, 5) is 23.4. The van der Waals surface area contributed by atoms with Crippen molar-refractivity contribution in [3.8, 4) is 0 Å². The molecule has 1 amide bonds. The van der Waals surface area contributed by atoms with Gasteiger partial charge in [0.1, 0.15) is 5.78 Å². The van der Waals surface area contributed by atoms with E-state index in [2.05, 4.69) is 10.4 Å². The molecular weight excluding hydrogens is 282 g/mol. The summed E-state index contributed by atoms with van der Waals surface area (Å²) in [5.74, 6) is 0.838. The molecule has 1 aromatic heterocycles. The van der Waals surface area contributed by atoms with Crippen molar-refractivity contribution in [3.63, 3.8) is 0 Å². The standard InChI is InChI=1S/C16H23N3O3/c20-15-3-1-13(2-4-15)16(21)18-14-9-17-19(11-14)10-12-5-7-22-8-6-12/h9,11-13H,1-8,10H2,(H,18,21). The van der Waals surface area contributed by atoms with Crippen LogP contribution >= 0.6 is 0 Å². The zero-order chi connectivity index (χ0) is 15.4. The SMILES string of the molecule is O=C1CCC(C(=O)Nc2cnn(CC3CCOCC3)c2)CC1. The Labute approximate surface area is 130 Å². The molecule has 1 aliphatic carbocycles. The molecule has 1 saturated carbocycles. The Morgan fingerprint density at radius 2 is 2.00 bits per heavy atom. The Morgan fingerprint density at radius 1 is 1.27 bits per heavy atom. The third-order valence-corrected chi connectivity index (χ3v) is 4.60. The second-order valence-electron chi connectivity index (χ2n) is 6.31. The molecular formula is C16H23N3O3. The smallest absolute Gasteiger partial charge is 0.227 e. The van der Waals surface area contributed by atoms with Crippen molar-refractivity contribution in [1.29, 1.82) is 0 Å². The van der Waals surface area contributed by atoms with Gasteiger partial charge in [0.05, 0.1) is 11.9 Å². The van der Waals surface area contributed by atoms with Gasteiger partial charge in [-0.3, -0.25) is 14.3 Å². The van der Waals surface area contributed by atoms with Gasteiger partial charge in [-0.1, -0.05) is 0 Å². The van der Waals surface area contributed by atoms with Gasteiger partial charge in [0.25, 0.3) is 0 Å². The number of amides is 1. The highest BCUT2D eigenvalue weighted by molar-refractivity contribution is 5.93. The number of nitrogens with zero attached hydrogens (tertiary/aromatic N) is 2. The number of carbonyl (C=O) groups is 2. The summed E-state index contributed by atoms with van der Waals surface area (Å²) in [6.07, 6.45) is 8.12. The van der Waals surface area contributed by atoms with Gasteiger partial charge < -0.3 is 10.1 Å². The largest absolute Gasteiger partial charge is 0.381 e. The van der Waals surface area contributed by atoms with E-state index in [0.29, 0.717) is 31.6 Å². The van der Waals surface area contributed by atoms with E-state index >= 15 is 0 Å². The van der Waals surface area contributed by atoms with Gasteiger partial charge in [-0.05, 0) is 31.6 Å². The third kappa shape index (κ3) is 3.94. The molecule has 1 aliphatic heterocycles. The van der Waals surface area contributed by atoms with Gasteiger partial charge in [0.2, 0.25) is 5.91 Å². The summed E-state index contributed by atoms with van der Waals surface area (Å²) in [6, 6.07) is 0. The lowest BCUT2D eigenvalue weighted by atomic mass is 9.88. The van der Waals surface area contributed by atoms with Crippen molar-refractivity contribution < 1.29 is 14.3 Å². The number of aromatic nitrogens is 2. The van der Waals surface area contributed by atoms with Gasteiger partial charge in [0.15, 0.2) is 0 Å². The molecule has 22 heavy (non-hydrogen) atoms. The Balaban J connectivity index is 1.50. The van der Waals surface area contributed by atoms with E-state index < -0.39 is 0 Å². The van der Waals surface area contributed by atoms with Crippen LogP contribution in [0.2, 0.25) is 0 Å². The Morgan fingerprint density at radius 3 is 2.73 bits per heavy atom. The van der Waals surface area contributed by atoms with Gasteiger partial charge in [-0.15, -0.1) is 0 Å². The van der Waals surface area contributed by atoms with Crippen molar-refractivity contribution in [3.05, 3.63) is 12.4 Å². The summed E-state index contributed by atoms with van der Waals surface area (Å²) in [5, 5.41) is 7.25. The molecule has 6 nitrogen and oxygen atoms in total. The minimum atomic E-state index is -0.0449. The summed E-state index contributed by atoms with van der Waals surface area (Å²) in [5.41, 5.74) is 0.744. The zero-order valence-corrected chi connectivity index (χ0v) is 12.8. The van der Waals surface area contributed by atoms with Crippen molar-refractivity contribution in [2.24, 2.45) is 11.8 Å². The molecule has 2 aliphatic rings. The highest BCUT2D eigenvalue weighted by atomic mass is 16.5. The van der Waals surface area contributed by atoms with Crippen LogP contribution in [0.3, 0.4) is 0 Å². The number of hydrogen-bond donors (Lipinski definition) is 1. The average Bonchev–Trinajstić information content (AvgIpc) is 2.96. The summed E-state index contributed by atoms with van der Waals surface area (Å²) < 4.78 is 7.26. The molecule has 6 heteroatoms. The molecule has 0 bridgehead atoms. The first-order valence-corrected chi connectivity index (χ1v) is 8.13. The number of nitrogens with one attached hydrogen (secondary N) is 1. The number of rotatable bonds is 4. The van der Waals surface area contributed by atoms with Crippen molar-refractivity contribution in [1.82, 2.24) is 9.78 Å². The van der Waals surface area contributed by atoms with Crippen molar-refractivity contribution >= 4 is 17.4 Å². The molecule has 2 heterocycles. The molecule has 1 saturated heterocycles. The van der Waals surface area contributed by atoms with E-state index in [9.17, 15) is 9.59 Å². The number of hydrogen-bond acceptors (Lipinski definition) is 4. The van der Waals surface area contributed by atoms with E-state index in [1.165, 1.54) is 0 Å². The summed E-state index contributed by atoms with van der Waals surface area (Å²) in [6.45, 7) is 2.53. The molecule has 2 fully saturated rings. The van der Waals surface area contributed by atoms with Crippen LogP contribution in [0.25, 0.3) is 0 Å². The van der Waals surface area contributed by atoms with E-state index in [0.717, 1.165) is 38.3 Å². The highest BCUT2D eigenvalue weighted by Gasteiger charge is 2.25. The highest BCUT2D eigenvalue weighted by Crippen LogP contribution is 2.23. The lowest BCUT2D eigenvalue weighted by Crippen LogP contribution is -2.27. The van der Waals surface area contributed by atoms with Crippen LogP contribution in [0.4, 0.5) is 5.69 Å². The lowest BCUT2D eigenvalue weighted by molar-refractivity contribution is -0.125. The third-order valence-electron chi connectivity index (χ3n) is 4.60. The van der Waals surface area contributed by atoms with Crippen LogP contribution < -0.4 is 5.32 Å². The fraction of sp³-hybridized carbons (Fsp3) is 0.688. The summed E-state index contributed by atoms with van der Waals surface area (Å²) >= 11 is 0. The van der Waals surface area contributed by atoms with E-state index in [4.69, 9.17) is 4.74 Å². The maximum atomic E-state index is 12.2. The van der Waals surface area contributed by atoms with Gasteiger partial charge >= 0.3 is 0 Å². The predicted molar refractivity (Wildman–Crippen MR) is 81.4 cm³/mol. The first-order valence-electron chi connectivity index (χ1n) is 8.13. The van der Waals surface area contributed by atoms with Crippen LogP contribution in [0.15, 0.2) is 12.4 Å². The number of Topliss-reactive ketones (excluding diaryl/α,β-unsaturated/α-hetero) is 1. The maximum absolute atomic E-state index is 12.2. The molecule has 0 spiro atoms. The van der Waals surface area contributed by atoms with Crippen LogP contribution in [-0.4, -0.2) is 34.7 Å². The van der Waals surface area contributed by atoms with Crippen LogP contribution in [0.1, 0.15) is 38.5 Å². The van der Waals surface area contributed by atoms with Crippen LogP contribution in [0.5, 0.6) is 0 Å². The lowest BCUT2D eigenvalue weighted by Gasteiger charge is -2.21. The molecule has 0 radical (unpaired) electrons. The number of ether oxygens (including phenoxy) is 1. The minimum Gasteiger partial charge on any atom is -0.381 e. The quantitative estimate of drug-likeness (QED) is 0.923. The Hall–Kier alpha value is -1.69. The van der Waals surface area contributed by atoms with Gasteiger partial charge in [0, 0.05) is 44.7 Å². The second kappa shape index (κ2) is 7.05. The zero-order valence-electron chi connectivity index (χ0n) is 12.8. The minimum absolute atomic E-state index is 0.0121. The van der Waals surface area contributed by atoms with Crippen LogP contribution in [0, 0.1) is 11.8 Å². The first-order chi connectivity index (χ1) is 10.7. The number of ketones is 1. The van der Waals surface area contributed by atoms with Crippen molar-refractivity contribution in [2.75, 3.05) is 18.5 Å². The fourth-order valence-corrected chi connectivity index (χ4v) is 3.17. The molecule has 1 N–H and O–H groups in total. The number of carbonyl (C=O) groups excluding carboxylic acids is 2. The van der Waals surface area contributed by atoms with E-state index in [-0.39, 0.29) is 17.6 Å². The molecule has 120 valence electrons. The summed E-state index contributed by atoms with van der Waals surface area (Å²) in [7, 11) is 0. The van der Waals surface area contributed by atoms with Gasteiger partial charge in [-0.2, -0.15) is 5.10 Å². The monoisotopic (exact) mass is 305 g/mol. The van der Waals surface area contributed by atoms with E-state index in [1.54, 1.807) is 6.20 Å². The molecule has 1 aromatic rings. The topological polar surface area (TPSA) is 73.2 Å². The predicted octanol–water partition coefficient (Wildman–Crippen LogP) is 2.01. The average molecular weight is 305 g/mol. The molecule has 3 rings (SSSR count). The molecule has 0 atom stereocenters. The van der Waals surface area contributed by atoms with Crippen LogP contribution in [-0.2, 0) is 20.9 Å². The molecule has 0 unspecified atom stereocenters. The maximum Gasteiger partial charge on any atom is 0.227 e. The Kier molecular flexibility index (Phi) is 4.87. The molecule has 0 aromatic carbocycles. The number of anilines is 1. The normalized spacial score (nSPS) is 21.0. The van der Waals surface area contributed by atoms with E-state index in [1.807, 2.05) is 10.9 Å². The fourth-order valence-electron chi connectivity index (χ4n) is 3.17. The second-order valence-corrected chi connectivity index (χ2v) is 6.31.